The van der Waals surface area contributed by atoms with Crippen LogP contribution in [0, 0.1) is 0 Å². The first-order valence-corrected chi connectivity index (χ1v) is 6.27. The number of fused-ring (bicyclic) bond motifs is 1. The van der Waals surface area contributed by atoms with Gasteiger partial charge in [0.15, 0.2) is 0 Å². The van der Waals surface area contributed by atoms with E-state index in [1.54, 1.807) is 0 Å². The molecule has 0 atom stereocenters. The normalized spacial score (nSPS) is 10.1. The van der Waals surface area contributed by atoms with Crippen LogP contribution in [0.5, 0.6) is 0 Å². The number of hydrogen-bond acceptors (Lipinski definition) is 2. The fourth-order valence-corrected chi connectivity index (χ4v) is 1.89. The molecular formula is C13H12N2OS2. The average molecular weight is 276 g/mol. The molecular weight excluding hydrogens is 264 g/mol. The maximum absolute atomic E-state index is 11.7. The summed E-state index contributed by atoms with van der Waals surface area (Å²) in [7, 11) is 0. The van der Waals surface area contributed by atoms with Gasteiger partial charge in [0.25, 0.3) is 0 Å². The van der Waals surface area contributed by atoms with Crippen molar-refractivity contribution in [3.63, 3.8) is 0 Å². The molecule has 0 aromatic heterocycles. The van der Waals surface area contributed by atoms with Crippen molar-refractivity contribution in [2.75, 3.05) is 0 Å². The van der Waals surface area contributed by atoms with Gasteiger partial charge in [0.1, 0.15) is 4.32 Å². The smallest absolute Gasteiger partial charge is 0.242 e. The van der Waals surface area contributed by atoms with Crippen LogP contribution in [0.25, 0.3) is 10.8 Å². The minimum absolute atomic E-state index is 0.150. The summed E-state index contributed by atoms with van der Waals surface area (Å²) in [6.45, 7) is 0. The van der Waals surface area contributed by atoms with Gasteiger partial charge in [-0.15, -0.1) is 12.6 Å². The molecule has 0 saturated carbocycles. The van der Waals surface area contributed by atoms with E-state index in [0.29, 0.717) is 6.42 Å². The minimum atomic E-state index is -0.150. The number of benzene rings is 2. The molecule has 2 rings (SSSR count). The van der Waals surface area contributed by atoms with Crippen LogP contribution in [0.15, 0.2) is 42.5 Å². The van der Waals surface area contributed by atoms with E-state index in [-0.39, 0.29) is 10.2 Å². The molecule has 5 heteroatoms. The van der Waals surface area contributed by atoms with Gasteiger partial charge < -0.3 is 0 Å². The van der Waals surface area contributed by atoms with Gasteiger partial charge >= 0.3 is 0 Å². The van der Waals surface area contributed by atoms with Crippen molar-refractivity contribution >= 4 is 45.8 Å². The Bertz CT molecular complexity index is 593. The van der Waals surface area contributed by atoms with E-state index in [9.17, 15) is 4.79 Å². The van der Waals surface area contributed by atoms with Gasteiger partial charge in [-0.25, -0.2) is 0 Å². The largest absolute Gasteiger partial charge is 0.283 e. The van der Waals surface area contributed by atoms with Crippen molar-refractivity contribution in [3.05, 3.63) is 48.0 Å². The number of nitrogens with one attached hydrogen (secondary N) is 2. The van der Waals surface area contributed by atoms with Crippen LogP contribution in [0.4, 0.5) is 0 Å². The van der Waals surface area contributed by atoms with Crippen molar-refractivity contribution < 1.29 is 4.79 Å². The van der Waals surface area contributed by atoms with E-state index in [4.69, 9.17) is 12.2 Å². The van der Waals surface area contributed by atoms with Crippen LogP contribution in [-0.4, -0.2) is 10.2 Å². The molecule has 0 heterocycles. The highest BCUT2D eigenvalue weighted by Crippen LogP contribution is 2.18. The van der Waals surface area contributed by atoms with E-state index in [1.165, 1.54) is 0 Å². The zero-order valence-electron chi connectivity index (χ0n) is 9.51. The maximum Gasteiger partial charge on any atom is 0.242 e. The summed E-state index contributed by atoms with van der Waals surface area (Å²) in [6.07, 6.45) is 0.296. The maximum atomic E-state index is 11.7. The Labute approximate surface area is 116 Å². The summed E-state index contributed by atoms with van der Waals surface area (Å²) >= 11 is 8.56. The standard InChI is InChI=1S/C13H12N2OS2/c16-12(14-15-13(17)18)8-10-6-3-5-9-4-1-2-7-11(9)10/h1-7H,8H2,(H,14,16)(H2,15,17,18). The number of hydrazine groups is 1. The van der Waals surface area contributed by atoms with E-state index in [2.05, 4.69) is 23.5 Å². The molecule has 1 amide bonds. The lowest BCUT2D eigenvalue weighted by Crippen LogP contribution is -2.39. The number of carbonyl (C=O) groups is 1. The molecule has 2 aromatic carbocycles. The van der Waals surface area contributed by atoms with E-state index >= 15 is 0 Å². The Morgan fingerprint density at radius 3 is 2.61 bits per heavy atom. The Hall–Kier alpha value is -1.59. The van der Waals surface area contributed by atoms with Gasteiger partial charge in [-0.1, -0.05) is 54.7 Å². The molecule has 0 aliphatic heterocycles. The number of amides is 1. The molecule has 0 aliphatic rings. The first-order valence-electron chi connectivity index (χ1n) is 5.41. The van der Waals surface area contributed by atoms with E-state index in [0.717, 1.165) is 16.3 Å². The predicted octanol–water partition coefficient (Wildman–Crippen LogP) is 2.22. The van der Waals surface area contributed by atoms with Crippen molar-refractivity contribution in [2.24, 2.45) is 0 Å². The molecule has 92 valence electrons. The Balaban J connectivity index is 2.16. The van der Waals surface area contributed by atoms with Gasteiger partial charge in [0.05, 0.1) is 6.42 Å². The molecule has 0 saturated heterocycles. The van der Waals surface area contributed by atoms with Crippen LogP contribution in [0.3, 0.4) is 0 Å². The molecule has 0 aliphatic carbocycles. The Morgan fingerprint density at radius 1 is 1.11 bits per heavy atom. The zero-order chi connectivity index (χ0) is 13.0. The third kappa shape index (κ3) is 3.21. The average Bonchev–Trinajstić information content (AvgIpc) is 2.37. The first kappa shape index (κ1) is 12.9. The molecule has 2 aromatic rings. The van der Waals surface area contributed by atoms with Crippen molar-refractivity contribution in [1.29, 1.82) is 0 Å². The second-order valence-corrected chi connectivity index (χ2v) is 4.95. The molecule has 0 fully saturated rings. The summed E-state index contributed by atoms with van der Waals surface area (Å²) in [5.74, 6) is -0.150. The monoisotopic (exact) mass is 276 g/mol. The summed E-state index contributed by atoms with van der Waals surface area (Å²) in [5, 5.41) is 2.21. The Kier molecular flexibility index (Phi) is 4.17. The lowest BCUT2D eigenvalue weighted by Gasteiger charge is -2.08. The van der Waals surface area contributed by atoms with Gasteiger partial charge in [0.2, 0.25) is 5.91 Å². The molecule has 0 spiro atoms. The summed E-state index contributed by atoms with van der Waals surface area (Å²) < 4.78 is 0.237. The second kappa shape index (κ2) is 5.84. The lowest BCUT2D eigenvalue weighted by atomic mass is 10.0. The predicted molar refractivity (Wildman–Crippen MR) is 80.5 cm³/mol. The van der Waals surface area contributed by atoms with Gasteiger partial charge in [-0.2, -0.15) is 0 Å². The van der Waals surface area contributed by atoms with Gasteiger partial charge in [-0.3, -0.25) is 15.6 Å². The highest BCUT2D eigenvalue weighted by atomic mass is 32.1. The van der Waals surface area contributed by atoms with Crippen molar-refractivity contribution in [2.45, 2.75) is 6.42 Å². The Morgan fingerprint density at radius 2 is 1.83 bits per heavy atom. The van der Waals surface area contributed by atoms with E-state index < -0.39 is 0 Å². The van der Waals surface area contributed by atoms with Crippen LogP contribution in [-0.2, 0) is 11.2 Å². The van der Waals surface area contributed by atoms with Crippen LogP contribution in [0.1, 0.15) is 5.56 Å². The summed E-state index contributed by atoms with van der Waals surface area (Å²) in [6, 6.07) is 13.9. The number of thiol groups is 1. The van der Waals surface area contributed by atoms with Gasteiger partial charge in [0, 0.05) is 0 Å². The molecule has 18 heavy (non-hydrogen) atoms. The number of thiocarbonyl (C=S) groups is 1. The third-order valence-corrected chi connectivity index (χ3v) is 2.75. The second-order valence-electron chi connectivity index (χ2n) is 3.79. The molecule has 0 radical (unpaired) electrons. The number of hydrogen-bond donors (Lipinski definition) is 3. The molecule has 2 N–H and O–H groups in total. The number of rotatable bonds is 2. The highest BCUT2D eigenvalue weighted by Gasteiger charge is 2.06. The molecule has 0 bridgehead atoms. The lowest BCUT2D eigenvalue weighted by molar-refractivity contribution is -0.120. The highest BCUT2D eigenvalue weighted by molar-refractivity contribution is 8.11. The summed E-state index contributed by atoms with van der Waals surface area (Å²) in [5.41, 5.74) is 5.98. The zero-order valence-corrected chi connectivity index (χ0v) is 11.2. The third-order valence-electron chi connectivity index (χ3n) is 2.54. The SMILES string of the molecule is O=C(Cc1cccc2ccccc12)NNC(=S)S. The quantitative estimate of drug-likeness (QED) is 0.447. The van der Waals surface area contributed by atoms with Crippen molar-refractivity contribution in [1.82, 2.24) is 10.9 Å². The fourth-order valence-electron chi connectivity index (χ4n) is 1.79. The van der Waals surface area contributed by atoms with Crippen LogP contribution in [0.2, 0.25) is 0 Å². The van der Waals surface area contributed by atoms with Gasteiger partial charge in [-0.05, 0) is 16.3 Å². The molecule has 3 nitrogen and oxygen atoms in total. The minimum Gasteiger partial charge on any atom is -0.283 e. The van der Waals surface area contributed by atoms with Crippen LogP contribution < -0.4 is 10.9 Å². The van der Waals surface area contributed by atoms with Crippen LogP contribution >= 0.6 is 24.8 Å². The first-order chi connectivity index (χ1) is 8.66. The number of carbonyl (C=O) groups excluding carboxylic acids is 1. The fraction of sp³-hybridized carbons (Fsp3) is 0.0769. The van der Waals surface area contributed by atoms with Crippen molar-refractivity contribution in [3.8, 4) is 0 Å². The topological polar surface area (TPSA) is 41.1 Å². The molecule has 0 unspecified atom stereocenters. The summed E-state index contributed by atoms with van der Waals surface area (Å²) in [4.78, 5) is 11.7. The van der Waals surface area contributed by atoms with E-state index in [1.807, 2.05) is 42.5 Å².